The first kappa shape index (κ1) is 22.6. The van der Waals surface area contributed by atoms with Gasteiger partial charge in [0.1, 0.15) is 24.1 Å². The summed E-state index contributed by atoms with van der Waals surface area (Å²) in [7, 11) is 0. The Labute approximate surface area is 177 Å². The standard InChI is InChI=1S/C20H25F3N6O2/c1-11(2)16(19(31)27-10-20(21,22)23)28-15-5-6-24-17(29-15)13-7-14(25-9-13)18(30)26-8-12-3-4-12/h5-7,9,11-12,16,25H,3-4,8,10H2,1-2H3,(H,26,30)(H,27,31)(H,24,28,29)/t16-/m1/s1. The number of aromatic amines is 1. The molecule has 0 radical (unpaired) electrons. The number of H-pyrrole nitrogens is 1. The number of rotatable bonds is 9. The number of nitrogens with zero attached hydrogens (tertiary/aromatic N) is 2. The second kappa shape index (κ2) is 9.36. The zero-order chi connectivity index (χ0) is 22.6. The van der Waals surface area contributed by atoms with Crippen LogP contribution in [0.4, 0.5) is 19.0 Å². The maximum Gasteiger partial charge on any atom is 0.405 e. The monoisotopic (exact) mass is 438 g/mol. The van der Waals surface area contributed by atoms with Crippen LogP contribution in [0, 0.1) is 11.8 Å². The van der Waals surface area contributed by atoms with Gasteiger partial charge in [-0.3, -0.25) is 9.59 Å². The Bertz CT molecular complexity index is 924. The third-order valence-electron chi connectivity index (χ3n) is 4.81. The lowest BCUT2D eigenvalue weighted by molar-refractivity contribution is -0.139. The number of halogens is 3. The van der Waals surface area contributed by atoms with Crippen molar-refractivity contribution < 1.29 is 22.8 Å². The number of anilines is 1. The molecule has 2 amide bonds. The lowest BCUT2D eigenvalue weighted by Crippen LogP contribution is -2.46. The van der Waals surface area contributed by atoms with Crippen LogP contribution in [0.1, 0.15) is 37.2 Å². The van der Waals surface area contributed by atoms with Gasteiger partial charge in [-0.05, 0) is 36.8 Å². The minimum atomic E-state index is -4.49. The highest BCUT2D eigenvalue weighted by Crippen LogP contribution is 2.27. The molecule has 1 aliphatic rings. The van der Waals surface area contributed by atoms with Gasteiger partial charge in [0.25, 0.3) is 5.91 Å². The number of nitrogens with one attached hydrogen (secondary N) is 4. The molecule has 0 saturated heterocycles. The van der Waals surface area contributed by atoms with E-state index in [1.54, 1.807) is 26.1 Å². The molecular weight excluding hydrogens is 413 g/mol. The maximum atomic E-state index is 12.4. The van der Waals surface area contributed by atoms with Crippen LogP contribution in [0.3, 0.4) is 0 Å². The lowest BCUT2D eigenvalue weighted by atomic mass is 10.0. The Hall–Kier alpha value is -3.11. The number of amides is 2. The molecule has 8 nitrogen and oxygen atoms in total. The van der Waals surface area contributed by atoms with Gasteiger partial charge in [-0.15, -0.1) is 0 Å². The zero-order valence-electron chi connectivity index (χ0n) is 17.2. The molecule has 2 heterocycles. The van der Waals surface area contributed by atoms with Gasteiger partial charge in [0, 0.05) is 24.5 Å². The SMILES string of the molecule is CC(C)[C@@H](Nc1ccnc(-c2c[nH]c(C(=O)NCC3CC3)c2)n1)C(=O)NCC(F)(F)F. The molecule has 31 heavy (non-hydrogen) atoms. The lowest BCUT2D eigenvalue weighted by Gasteiger charge is -2.22. The second-order valence-electron chi connectivity index (χ2n) is 7.92. The van der Waals surface area contributed by atoms with Crippen LogP contribution in [0.25, 0.3) is 11.4 Å². The minimum absolute atomic E-state index is 0.214. The second-order valence-corrected chi connectivity index (χ2v) is 7.92. The van der Waals surface area contributed by atoms with Gasteiger partial charge in [0.2, 0.25) is 5.91 Å². The molecular formula is C20H25F3N6O2. The number of alkyl halides is 3. The van der Waals surface area contributed by atoms with E-state index in [2.05, 4.69) is 25.6 Å². The summed E-state index contributed by atoms with van der Waals surface area (Å²) < 4.78 is 37.2. The first-order chi connectivity index (χ1) is 14.6. The number of carbonyl (C=O) groups is 2. The van der Waals surface area contributed by atoms with E-state index in [0.29, 0.717) is 29.5 Å². The Balaban J connectivity index is 1.67. The smallest absolute Gasteiger partial charge is 0.358 e. The maximum absolute atomic E-state index is 12.4. The van der Waals surface area contributed by atoms with E-state index >= 15 is 0 Å². The molecule has 4 N–H and O–H groups in total. The van der Waals surface area contributed by atoms with Gasteiger partial charge in [-0.1, -0.05) is 13.8 Å². The average molecular weight is 438 g/mol. The van der Waals surface area contributed by atoms with Crippen molar-refractivity contribution >= 4 is 17.6 Å². The Morgan fingerprint density at radius 3 is 2.65 bits per heavy atom. The van der Waals surface area contributed by atoms with Crippen molar-refractivity contribution in [1.29, 1.82) is 0 Å². The summed E-state index contributed by atoms with van der Waals surface area (Å²) in [5, 5.41) is 7.63. The van der Waals surface area contributed by atoms with E-state index in [1.165, 1.54) is 12.3 Å². The van der Waals surface area contributed by atoms with Crippen molar-refractivity contribution in [3.63, 3.8) is 0 Å². The summed E-state index contributed by atoms with van der Waals surface area (Å²) in [5.74, 6) is -0.128. The van der Waals surface area contributed by atoms with Gasteiger partial charge in [0.05, 0.1) is 0 Å². The van der Waals surface area contributed by atoms with Crippen LogP contribution in [-0.2, 0) is 4.79 Å². The van der Waals surface area contributed by atoms with E-state index in [-0.39, 0.29) is 17.6 Å². The normalized spacial score (nSPS) is 14.9. The van der Waals surface area contributed by atoms with Gasteiger partial charge in [0.15, 0.2) is 5.82 Å². The molecule has 0 unspecified atom stereocenters. The number of hydrogen-bond acceptors (Lipinski definition) is 5. The first-order valence-electron chi connectivity index (χ1n) is 10.0. The largest absolute Gasteiger partial charge is 0.405 e. The summed E-state index contributed by atoms with van der Waals surface area (Å²) in [6.07, 6.45) is 0.845. The van der Waals surface area contributed by atoms with Crippen LogP contribution < -0.4 is 16.0 Å². The van der Waals surface area contributed by atoms with Gasteiger partial charge in [-0.2, -0.15) is 13.2 Å². The summed E-state index contributed by atoms with van der Waals surface area (Å²) in [6, 6.07) is 2.23. The van der Waals surface area contributed by atoms with E-state index < -0.39 is 24.7 Å². The molecule has 168 valence electrons. The fourth-order valence-corrected chi connectivity index (χ4v) is 2.88. The van der Waals surface area contributed by atoms with Crippen LogP contribution in [0.2, 0.25) is 0 Å². The summed E-state index contributed by atoms with van der Waals surface area (Å²) in [5.41, 5.74) is 0.951. The van der Waals surface area contributed by atoms with E-state index in [4.69, 9.17) is 0 Å². The Morgan fingerprint density at radius 1 is 1.26 bits per heavy atom. The van der Waals surface area contributed by atoms with Crippen molar-refractivity contribution in [2.75, 3.05) is 18.4 Å². The van der Waals surface area contributed by atoms with Gasteiger partial charge >= 0.3 is 6.18 Å². The molecule has 11 heteroatoms. The summed E-state index contributed by atoms with van der Waals surface area (Å²) in [4.78, 5) is 35.8. The zero-order valence-corrected chi connectivity index (χ0v) is 17.2. The molecule has 2 aromatic rings. The van der Waals surface area contributed by atoms with Crippen molar-refractivity contribution in [3.05, 3.63) is 30.2 Å². The Kier molecular flexibility index (Phi) is 6.81. The van der Waals surface area contributed by atoms with E-state index in [0.717, 1.165) is 12.8 Å². The molecule has 2 aromatic heterocycles. The average Bonchev–Trinajstić information content (AvgIpc) is 3.41. The fourth-order valence-electron chi connectivity index (χ4n) is 2.88. The van der Waals surface area contributed by atoms with E-state index in [9.17, 15) is 22.8 Å². The molecule has 0 spiro atoms. The number of aromatic nitrogens is 3. The minimum Gasteiger partial charge on any atom is -0.358 e. The third-order valence-corrected chi connectivity index (χ3v) is 4.81. The van der Waals surface area contributed by atoms with Crippen LogP contribution in [0.5, 0.6) is 0 Å². The van der Waals surface area contributed by atoms with Crippen LogP contribution in [0.15, 0.2) is 24.5 Å². The van der Waals surface area contributed by atoms with Crippen molar-refractivity contribution in [2.45, 2.75) is 38.9 Å². The fraction of sp³-hybridized carbons (Fsp3) is 0.500. The highest BCUT2D eigenvalue weighted by molar-refractivity contribution is 5.93. The summed E-state index contributed by atoms with van der Waals surface area (Å²) in [6.45, 7) is 2.67. The predicted octanol–water partition coefficient (Wildman–Crippen LogP) is 2.73. The van der Waals surface area contributed by atoms with Crippen LogP contribution in [-0.4, -0.2) is 52.1 Å². The van der Waals surface area contributed by atoms with Crippen molar-refractivity contribution in [1.82, 2.24) is 25.6 Å². The molecule has 3 rings (SSSR count). The molecule has 1 saturated carbocycles. The highest BCUT2D eigenvalue weighted by atomic mass is 19.4. The molecule has 1 atom stereocenters. The third kappa shape index (κ3) is 6.69. The topological polar surface area (TPSA) is 112 Å². The molecule has 1 aliphatic carbocycles. The molecule has 1 fully saturated rings. The Morgan fingerprint density at radius 2 is 2.00 bits per heavy atom. The first-order valence-corrected chi connectivity index (χ1v) is 10.0. The van der Waals surface area contributed by atoms with Gasteiger partial charge < -0.3 is 20.9 Å². The van der Waals surface area contributed by atoms with Crippen molar-refractivity contribution in [3.8, 4) is 11.4 Å². The quantitative estimate of drug-likeness (QED) is 0.481. The van der Waals surface area contributed by atoms with Crippen LogP contribution >= 0.6 is 0 Å². The predicted molar refractivity (Wildman–Crippen MR) is 108 cm³/mol. The van der Waals surface area contributed by atoms with E-state index in [1.807, 2.05) is 5.32 Å². The summed E-state index contributed by atoms with van der Waals surface area (Å²) >= 11 is 0. The highest BCUT2D eigenvalue weighted by Gasteiger charge is 2.30. The number of hydrogen-bond donors (Lipinski definition) is 4. The molecule has 0 aliphatic heterocycles. The van der Waals surface area contributed by atoms with Crippen molar-refractivity contribution in [2.24, 2.45) is 11.8 Å². The molecule has 0 aromatic carbocycles. The molecule has 0 bridgehead atoms. The number of carbonyl (C=O) groups excluding carboxylic acids is 2. The van der Waals surface area contributed by atoms with Gasteiger partial charge in [-0.25, -0.2) is 9.97 Å².